The molecule has 0 atom stereocenters. The van der Waals surface area contributed by atoms with Gasteiger partial charge in [0.05, 0.1) is 17.5 Å². The molecule has 0 aliphatic rings. The van der Waals surface area contributed by atoms with Crippen LogP contribution in [0.1, 0.15) is 91.2 Å². The molecule has 0 radical (unpaired) electrons. The van der Waals surface area contributed by atoms with Gasteiger partial charge >= 0.3 is 11.2 Å². The molecule has 0 spiro atoms. The minimum absolute atomic E-state index is 0.0263. The van der Waals surface area contributed by atoms with Gasteiger partial charge in [0.15, 0.2) is 24.8 Å². The lowest BCUT2D eigenvalue weighted by Gasteiger charge is -2.25. The number of hydrogen-bond donors (Lipinski definition) is 0. The number of benzene rings is 3. The van der Waals surface area contributed by atoms with Crippen molar-refractivity contribution in [1.29, 1.82) is 0 Å². The standard InChI is InChI=1S/C26H30FS.C10H17F2IO5S/c1-25(2,3)21-11-7-9-13-23(21)28(20-17-15-19(27)16-18-20)24-14-10-8-12-22(24)26(4,5)6;11-10(12,19(15,16)17)9(14)18-8-6-4-2-1-3-5-7-13/h7-18H,1-6H3;1-8H2,(H,15,16,17)/q+1;/p-1. The summed E-state index contributed by atoms with van der Waals surface area (Å²) < 4.78 is 74.6. The lowest BCUT2D eigenvalue weighted by Crippen LogP contribution is -2.39. The minimum atomic E-state index is -6.02. The molecule has 260 valence electrons. The average molecular weight is 807 g/mol. The van der Waals surface area contributed by atoms with Gasteiger partial charge in [-0.05, 0) is 64.5 Å². The fraction of sp³-hybridized carbons (Fsp3) is 0.472. The van der Waals surface area contributed by atoms with E-state index >= 15 is 0 Å². The molecule has 0 aliphatic carbocycles. The van der Waals surface area contributed by atoms with Gasteiger partial charge in [0.1, 0.15) is 5.82 Å². The van der Waals surface area contributed by atoms with E-state index in [9.17, 15) is 30.9 Å². The SMILES string of the molecule is CC(C)(C)c1ccccc1[S+](c1ccc(F)cc1)c1ccccc1C(C)(C)C.O=C(OCCCCCCCCI)C(F)(F)S(=O)(=O)[O-]. The van der Waals surface area contributed by atoms with Crippen LogP contribution in [0.15, 0.2) is 87.5 Å². The highest BCUT2D eigenvalue weighted by Crippen LogP contribution is 2.41. The molecule has 0 amide bonds. The highest BCUT2D eigenvalue weighted by Gasteiger charge is 2.48. The summed E-state index contributed by atoms with van der Waals surface area (Å²) in [6.45, 7) is 13.2. The second-order valence-electron chi connectivity index (χ2n) is 13.2. The van der Waals surface area contributed by atoms with Crippen molar-refractivity contribution >= 4 is 49.6 Å². The Labute approximate surface area is 295 Å². The van der Waals surface area contributed by atoms with E-state index in [1.165, 1.54) is 20.9 Å². The summed E-state index contributed by atoms with van der Waals surface area (Å²) in [7, 11) is -6.32. The van der Waals surface area contributed by atoms with E-state index in [-0.39, 0.29) is 34.1 Å². The maximum atomic E-state index is 13.7. The number of esters is 1. The minimum Gasteiger partial charge on any atom is -0.743 e. The summed E-state index contributed by atoms with van der Waals surface area (Å²) in [5, 5.41) is -5.01. The Hall–Kier alpha value is -2.09. The average Bonchev–Trinajstić information content (AvgIpc) is 2.99. The smallest absolute Gasteiger partial charge is 0.428 e. The number of carbonyl (C=O) groups excluding carboxylic acids is 1. The molecule has 0 heterocycles. The first-order valence-electron chi connectivity index (χ1n) is 15.6. The van der Waals surface area contributed by atoms with Crippen molar-refractivity contribution in [2.75, 3.05) is 11.0 Å². The molecule has 47 heavy (non-hydrogen) atoms. The largest absolute Gasteiger partial charge is 0.743 e. The second-order valence-corrected chi connectivity index (χ2v) is 17.6. The molecule has 0 fully saturated rings. The van der Waals surface area contributed by atoms with Gasteiger partial charge < -0.3 is 9.29 Å². The van der Waals surface area contributed by atoms with Crippen molar-refractivity contribution in [2.24, 2.45) is 0 Å². The zero-order valence-electron chi connectivity index (χ0n) is 28.0. The van der Waals surface area contributed by atoms with Gasteiger partial charge in [0.2, 0.25) is 0 Å². The Morgan fingerprint density at radius 3 is 1.60 bits per heavy atom. The molecule has 11 heteroatoms. The van der Waals surface area contributed by atoms with Gasteiger partial charge in [-0.25, -0.2) is 17.6 Å². The number of ether oxygens (including phenoxy) is 1. The van der Waals surface area contributed by atoms with Gasteiger partial charge in [0, 0.05) is 11.1 Å². The first-order chi connectivity index (χ1) is 21.8. The molecule has 0 saturated heterocycles. The molecular weight excluding hydrogens is 760 g/mol. The topological polar surface area (TPSA) is 83.5 Å². The zero-order valence-corrected chi connectivity index (χ0v) is 31.7. The Kier molecular flexibility index (Phi) is 15.8. The maximum absolute atomic E-state index is 13.7. The van der Waals surface area contributed by atoms with Crippen LogP contribution in [-0.4, -0.2) is 35.2 Å². The molecular formula is C36H46F3IO5S2. The summed E-state index contributed by atoms with van der Waals surface area (Å²) in [5.74, 6) is -2.49. The van der Waals surface area contributed by atoms with Gasteiger partial charge in [-0.2, -0.15) is 8.78 Å². The van der Waals surface area contributed by atoms with Crippen molar-refractivity contribution in [3.63, 3.8) is 0 Å². The van der Waals surface area contributed by atoms with E-state index < -0.39 is 21.3 Å². The maximum Gasteiger partial charge on any atom is 0.428 e. The van der Waals surface area contributed by atoms with Crippen LogP contribution in [0.5, 0.6) is 0 Å². The highest BCUT2D eigenvalue weighted by atomic mass is 127. The molecule has 5 nitrogen and oxygen atoms in total. The molecule has 0 saturated carbocycles. The van der Waals surface area contributed by atoms with Crippen molar-refractivity contribution in [3.05, 3.63) is 89.7 Å². The predicted octanol–water partition coefficient (Wildman–Crippen LogP) is 9.96. The van der Waals surface area contributed by atoms with E-state index in [1.807, 2.05) is 12.1 Å². The van der Waals surface area contributed by atoms with E-state index in [1.54, 1.807) is 12.1 Å². The highest BCUT2D eigenvalue weighted by molar-refractivity contribution is 14.1. The van der Waals surface area contributed by atoms with E-state index in [0.29, 0.717) is 12.8 Å². The fourth-order valence-corrected chi connectivity index (χ4v) is 8.30. The summed E-state index contributed by atoms with van der Waals surface area (Å²) in [6, 6.07) is 24.5. The number of carbonyl (C=O) groups is 1. The second kappa shape index (κ2) is 18.1. The normalized spacial score (nSPS) is 12.4. The van der Waals surface area contributed by atoms with Crippen LogP contribution < -0.4 is 0 Å². The lowest BCUT2D eigenvalue weighted by molar-refractivity contribution is -0.161. The summed E-state index contributed by atoms with van der Waals surface area (Å²) >= 11 is 2.28. The van der Waals surface area contributed by atoms with Crippen LogP contribution in [0.2, 0.25) is 0 Å². The Morgan fingerprint density at radius 1 is 0.745 bits per heavy atom. The molecule has 3 rings (SSSR count). The number of halogens is 4. The summed E-state index contributed by atoms with van der Waals surface area (Å²) in [5.41, 5.74) is 2.73. The number of hydrogen-bond acceptors (Lipinski definition) is 5. The zero-order chi connectivity index (χ0) is 35.5. The van der Waals surface area contributed by atoms with E-state index in [4.69, 9.17) is 0 Å². The number of unbranched alkanes of at least 4 members (excludes halogenated alkanes) is 5. The molecule has 0 N–H and O–H groups in total. The lowest BCUT2D eigenvalue weighted by atomic mass is 9.87. The third-order valence-electron chi connectivity index (χ3n) is 7.19. The van der Waals surface area contributed by atoms with Crippen LogP contribution in [-0.2, 0) is 41.4 Å². The van der Waals surface area contributed by atoms with Crippen LogP contribution >= 0.6 is 22.6 Å². The van der Waals surface area contributed by atoms with Gasteiger partial charge in [0.25, 0.3) is 0 Å². The molecule has 0 aliphatic heterocycles. The first kappa shape index (κ1) is 41.1. The fourth-order valence-electron chi connectivity index (χ4n) is 4.73. The van der Waals surface area contributed by atoms with Crippen molar-refractivity contribution < 1.29 is 35.7 Å². The van der Waals surface area contributed by atoms with Crippen molar-refractivity contribution in [1.82, 2.24) is 0 Å². The van der Waals surface area contributed by atoms with Crippen LogP contribution in [0.3, 0.4) is 0 Å². The van der Waals surface area contributed by atoms with E-state index in [0.717, 1.165) is 35.0 Å². The van der Waals surface area contributed by atoms with Crippen molar-refractivity contribution in [3.8, 4) is 0 Å². The van der Waals surface area contributed by atoms with Crippen LogP contribution in [0, 0.1) is 5.82 Å². The monoisotopic (exact) mass is 806 g/mol. The molecule has 3 aromatic carbocycles. The Balaban J connectivity index is 0.000000355. The number of rotatable bonds is 13. The van der Waals surface area contributed by atoms with Gasteiger partial charge in [-0.3, -0.25) is 0 Å². The summed E-state index contributed by atoms with van der Waals surface area (Å²) in [4.78, 5) is 14.5. The Morgan fingerprint density at radius 2 is 1.17 bits per heavy atom. The molecule has 3 aromatic rings. The molecule has 0 unspecified atom stereocenters. The summed E-state index contributed by atoms with van der Waals surface area (Å²) in [6.07, 6.45) is 5.19. The molecule has 0 aromatic heterocycles. The number of alkyl halides is 3. The van der Waals surface area contributed by atoms with Crippen LogP contribution in [0.4, 0.5) is 13.2 Å². The predicted molar refractivity (Wildman–Crippen MR) is 191 cm³/mol. The first-order valence-corrected chi connectivity index (χ1v) is 19.7. The van der Waals surface area contributed by atoms with Crippen LogP contribution in [0.25, 0.3) is 0 Å². The Bertz CT molecular complexity index is 1480. The van der Waals surface area contributed by atoms with Gasteiger partial charge in [-0.1, -0.05) is 126 Å². The van der Waals surface area contributed by atoms with Gasteiger partial charge in [-0.15, -0.1) is 0 Å². The third-order valence-corrected chi connectivity index (χ3v) is 11.1. The molecule has 0 bridgehead atoms. The van der Waals surface area contributed by atoms with E-state index in [2.05, 4.69) is 117 Å². The quantitative estimate of drug-likeness (QED) is 0.0429. The van der Waals surface area contributed by atoms with Crippen molar-refractivity contribution in [2.45, 2.75) is 111 Å². The third kappa shape index (κ3) is 12.4.